The van der Waals surface area contributed by atoms with Crippen LogP contribution < -0.4 is 0 Å². The number of carboxylic acid groups (broad SMARTS) is 1. The van der Waals surface area contributed by atoms with E-state index in [0.29, 0.717) is 24.9 Å². The zero-order valence-corrected chi connectivity index (χ0v) is 22.9. The van der Waals surface area contributed by atoms with Gasteiger partial charge in [-0.15, -0.1) is 0 Å². The lowest BCUT2D eigenvalue weighted by Crippen LogP contribution is -2.64. The highest BCUT2D eigenvalue weighted by atomic mass is 16.7. The van der Waals surface area contributed by atoms with E-state index < -0.39 is 34.6 Å². The van der Waals surface area contributed by atoms with E-state index in [1.54, 1.807) is 0 Å². The molecule has 0 aromatic heterocycles. The van der Waals surface area contributed by atoms with E-state index in [1.807, 2.05) is 6.92 Å². The molecular formula is C30H44O7. The van der Waals surface area contributed by atoms with Gasteiger partial charge in [0.1, 0.15) is 17.8 Å². The third kappa shape index (κ3) is 2.98. The van der Waals surface area contributed by atoms with Crippen molar-refractivity contribution in [2.45, 2.75) is 91.3 Å². The zero-order valence-electron chi connectivity index (χ0n) is 22.9. The molecule has 2 saturated heterocycles. The Balaban J connectivity index is 1.39. The minimum Gasteiger partial charge on any atom is -0.481 e. The number of aldehydes is 1. The van der Waals surface area contributed by atoms with Crippen LogP contribution in [0.25, 0.3) is 0 Å². The Bertz CT molecular complexity index is 992. The normalized spacial score (nSPS) is 53.8. The molecule has 7 nitrogen and oxygen atoms in total. The van der Waals surface area contributed by atoms with E-state index in [4.69, 9.17) is 14.2 Å². The maximum atomic E-state index is 13.6. The molecule has 37 heavy (non-hydrogen) atoms. The molecule has 0 aromatic carbocycles. The highest BCUT2D eigenvalue weighted by molar-refractivity contribution is 5.90. The van der Waals surface area contributed by atoms with E-state index in [1.165, 1.54) is 0 Å². The molecule has 6 rings (SSSR count). The fraction of sp³-hybridized carbons (Fsp3) is 0.867. The molecule has 4 bridgehead atoms. The van der Waals surface area contributed by atoms with Gasteiger partial charge in [0.25, 0.3) is 0 Å². The predicted molar refractivity (Wildman–Crippen MR) is 135 cm³/mol. The molecule has 2 heterocycles. The van der Waals surface area contributed by atoms with Crippen molar-refractivity contribution in [3.05, 3.63) is 11.6 Å². The molecule has 7 heteroatoms. The molecule has 0 amide bonds. The van der Waals surface area contributed by atoms with Crippen molar-refractivity contribution < 1.29 is 34.0 Å². The highest BCUT2D eigenvalue weighted by Crippen LogP contribution is 2.82. The smallest absolute Gasteiger partial charge is 0.315 e. The lowest BCUT2D eigenvalue weighted by Gasteiger charge is -2.58. The Morgan fingerprint density at radius 2 is 2.03 bits per heavy atom. The largest absolute Gasteiger partial charge is 0.481 e. The van der Waals surface area contributed by atoms with Gasteiger partial charge < -0.3 is 29.2 Å². The van der Waals surface area contributed by atoms with Crippen LogP contribution >= 0.6 is 0 Å². The number of hydrogen-bond donors (Lipinski definition) is 2. The number of carbonyl (C=O) groups is 2. The summed E-state index contributed by atoms with van der Waals surface area (Å²) < 4.78 is 18.7. The van der Waals surface area contributed by atoms with Gasteiger partial charge in [0.15, 0.2) is 6.29 Å². The second-order valence-electron chi connectivity index (χ2n) is 13.5. The number of ether oxygens (including phenoxy) is 3. The van der Waals surface area contributed by atoms with Crippen LogP contribution in [-0.4, -0.2) is 60.3 Å². The number of aliphatic carboxylic acids is 1. The van der Waals surface area contributed by atoms with Crippen LogP contribution in [0.5, 0.6) is 0 Å². The Kier molecular flexibility index (Phi) is 6.04. The van der Waals surface area contributed by atoms with Crippen molar-refractivity contribution in [2.24, 2.45) is 57.7 Å². The molecular weight excluding hydrogens is 472 g/mol. The summed E-state index contributed by atoms with van der Waals surface area (Å²) >= 11 is 0. The minimum absolute atomic E-state index is 0.0220. The first-order chi connectivity index (χ1) is 17.6. The van der Waals surface area contributed by atoms with E-state index in [9.17, 15) is 19.8 Å². The maximum absolute atomic E-state index is 13.6. The van der Waals surface area contributed by atoms with Crippen LogP contribution in [0.15, 0.2) is 11.6 Å². The third-order valence-corrected chi connectivity index (χ3v) is 12.1. The fourth-order valence-corrected chi connectivity index (χ4v) is 10.6. The second kappa shape index (κ2) is 8.61. The molecule has 4 aliphatic carbocycles. The van der Waals surface area contributed by atoms with Gasteiger partial charge in [-0.05, 0) is 61.7 Å². The van der Waals surface area contributed by atoms with Gasteiger partial charge in [0.2, 0.25) is 0 Å². The Labute approximate surface area is 220 Å². The number of carbonyl (C=O) groups excluding carboxylic acids is 1. The van der Waals surface area contributed by atoms with Gasteiger partial charge in [0, 0.05) is 11.3 Å². The first-order valence-corrected chi connectivity index (χ1v) is 14.6. The van der Waals surface area contributed by atoms with Crippen molar-refractivity contribution in [3.63, 3.8) is 0 Å². The first kappa shape index (κ1) is 26.0. The summed E-state index contributed by atoms with van der Waals surface area (Å²) in [5.41, 5.74) is -2.01. The molecule has 7 unspecified atom stereocenters. The van der Waals surface area contributed by atoms with Crippen LogP contribution in [0, 0.1) is 57.7 Å². The Morgan fingerprint density at radius 3 is 2.68 bits per heavy atom. The average molecular weight is 517 g/mol. The third-order valence-electron chi connectivity index (χ3n) is 12.1. The minimum atomic E-state index is -1.28. The quantitative estimate of drug-likeness (QED) is 0.388. The summed E-state index contributed by atoms with van der Waals surface area (Å²) in [6.45, 7) is 11.2. The molecule has 206 valence electrons. The van der Waals surface area contributed by atoms with Crippen molar-refractivity contribution in [3.8, 4) is 0 Å². The molecule has 2 N–H and O–H groups in total. The van der Waals surface area contributed by atoms with Crippen LogP contribution in [0.4, 0.5) is 0 Å². The summed E-state index contributed by atoms with van der Waals surface area (Å²) in [7, 11) is 0. The van der Waals surface area contributed by atoms with Gasteiger partial charge >= 0.3 is 5.97 Å². The number of carboxylic acids is 1. The van der Waals surface area contributed by atoms with Gasteiger partial charge in [-0.1, -0.05) is 52.2 Å². The SMILES string of the molecule is CC[C@H]1COC2C1[C@H](O)[C@H](OCC13CC4C(CC[C@H]4C)[C@]4(C=O)CC1C=C(C(C)C)C34C(=O)O)O[C@@H]2C. The lowest BCUT2D eigenvalue weighted by atomic mass is 9.43. The van der Waals surface area contributed by atoms with Gasteiger partial charge in [0.05, 0.1) is 30.8 Å². The van der Waals surface area contributed by atoms with Crippen LogP contribution in [0.1, 0.15) is 66.7 Å². The Morgan fingerprint density at radius 1 is 1.27 bits per heavy atom. The molecule has 13 atom stereocenters. The van der Waals surface area contributed by atoms with Gasteiger partial charge in [-0.2, -0.15) is 0 Å². The number of aliphatic hydroxyl groups excluding tert-OH is 1. The summed E-state index contributed by atoms with van der Waals surface area (Å²) in [6.07, 6.45) is 5.37. The van der Waals surface area contributed by atoms with Gasteiger partial charge in [-0.3, -0.25) is 4.79 Å². The summed E-state index contributed by atoms with van der Waals surface area (Å²) in [4.78, 5) is 26.8. The lowest BCUT2D eigenvalue weighted by molar-refractivity contribution is -0.289. The topological polar surface area (TPSA) is 102 Å². The number of rotatable bonds is 7. The number of fused-ring (bicyclic) bond motifs is 3. The predicted octanol–water partition coefficient (Wildman–Crippen LogP) is 4.07. The summed E-state index contributed by atoms with van der Waals surface area (Å²) in [5, 5.41) is 22.5. The Hall–Kier alpha value is -1.28. The van der Waals surface area contributed by atoms with Crippen molar-refractivity contribution in [2.75, 3.05) is 13.2 Å². The monoisotopic (exact) mass is 516 g/mol. The molecule has 3 saturated carbocycles. The van der Waals surface area contributed by atoms with Crippen LogP contribution in [0.3, 0.4) is 0 Å². The number of aliphatic hydroxyl groups is 1. The average Bonchev–Trinajstić information content (AvgIpc) is 3.58. The highest BCUT2D eigenvalue weighted by Gasteiger charge is 2.84. The van der Waals surface area contributed by atoms with E-state index in [-0.39, 0.29) is 48.4 Å². The van der Waals surface area contributed by atoms with Crippen molar-refractivity contribution in [1.82, 2.24) is 0 Å². The fourth-order valence-electron chi connectivity index (χ4n) is 10.6. The van der Waals surface area contributed by atoms with Crippen molar-refractivity contribution in [1.29, 1.82) is 0 Å². The first-order valence-electron chi connectivity index (χ1n) is 14.6. The molecule has 6 aliphatic rings. The van der Waals surface area contributed by atoms with Gasteiger partial charge in [-0.25, -0.2) is 0 Å². The second-order valence-corrected chi connectivity index (χ2v) is 13.5. The van der Waals surface area contributed by atoms with Crippen molar-refractivity contribution >= 4 is 12.3 Å². The molecule has 0 spiro atoms. The zero-order chi connectivity index (χ0) is 26.5. The molecule has 2 aliphatic heterocycles. The number of hydrogen-bond acceptors (Lipinski definition) is 6. The van der Waals surface area contributed by atoms with E-state index in [2.05, 4.69) is 33.8 Å². The summed E-state index contributed by atoms with van der Waals surface area (Å²) in [5.74, 6) is 0.142. The van der Waals surface area contributed by atoms with E-state index in [0.717, 1.165) is 37.5 Å². The van der Waals surface area contributed by atoms with Crippen LogP contribution in [0.2, 0.25) is 0 Å². The molecule has 5 fully saturated rings. The maximum Gasteiger partial charge on any atom is 0.315 e. The molecule has 0 aromatic rings. The summed E-state index contributed by atoms with van der Waals surface area (Å²) in [6, 6.07) is 0. The molecule has 0 radical (unpaired) electrons. The standard InChI is InChI=1S/C30H44O7/c1-6-18-12-35-25-17(5)37-26(24(32)23(18)25)36-14-29-11-20-16(4)7-8-21(20)28(13-31)10-19(29)9-22(15(2)3)30(28,29)27(33)34/h9,13,15-21,23-26,32H,6-8,10-12,14H2,1-5H3,(H,33,34)/t16-,17-,18+,19?,20?,21?,23?,24+,25?,26-,28-,29?,30?/m1/s1. The number of allylic oxidation sites excluding steroid dienone is 1. The van der Waals surface area contributed by atoms with Crippen LogP contribution in [-0.2, 0) is 23.8 Å². The van der Waals surface area contributed by atoms with E-state index >= 15 is 0 Å².